The van der Waals surface area contributed by atoms with E-state index in [0.717, 1.165) is 38.9 Å². The molecule has 0 spiro atoms. The van der Waals surface area contributed by atoms with Crippen LogP contribution in [0.4, 0.5) is 4.79 Å². The Bertz CT molecular complexity index is 386. The van der Waals surface area contributed by atoms with Gasteiger partial charge in [0.1, 0.15) is 3.70 Å². The quantitative estimate of drug-likeness (QED) is 0.747. The number of hydrogen-bond acceptors (Lipinski definition) is 2. The molecule has 14 heavy (non-hydrogen) atoms. The third-order valence-corrected chi connectivity index (χ3v) is 3.52. The van der Waals surface area contributed by atoms with E-state index < -0.39 is 6.09 Å². The van der Waals surface area contributed by atoms with Gasteiger partial charge in [0.05, 0.1) is 5.69 Å². The lowest BCUT2D eigenvalue weighted by molar-refractivity contribution is 0.191. The van der Waals surface area contributed by atoms with Crippen molar-refractivity contribution in [2.45, 2.75) is 26.2 Å². The predicted octanol–water partition coefficient (Wildman–Crippen LogP) is 2.14. The number of carbonyl (C=O) groups is 1. The van der Waals surface area contributed by atoms with Gasteiger partial charge in [-0.2, -0.15) is 9.78 Å². The Morgan fingerprint density at radius 2 is 2.43 bits per heavy atom. The van der Waals surface area contributed by atoms with Crippen LogP contribution in [0.25, 0.3) is 0 Å². The van der Waals surface area contributed by atoms with Gasteiger partial charge in [-0.25, -0.2) is 4.79 Å². The van der Waals surface area contributed by atoms with Crippen LogP contribution in [0.15, 0.2) is 0 Å². The van der Waals surface area contributed by atoms with Gasteiger partial charge >= 0.3 is 6.09 Å². The van der Waals surface area contributed by atoms with E-state index in [1.54, 1.807) is 0 Å². The SMILES string of the molecule is CC1CCc2c(I)nn(C(=O)O)c2C1. The minimum absolute atomic E-state index is 0.563. The summed E-state index contributed by atoms with van der Waals surface area (Å²) in [6.07, 6.45) is 1.95. The molecule has 0 aliphatic heterocycles. The van der Waals surface area contributed by atoms with E-state index in [9.17, 15) is 4.79 Å². The molecular formula is C9H11IN2O2. The van der Waals surface area contributed by atoms with Gasteiger partial charge in [-0.3, -0.25) is 0 Å². The van der Waals surface area contributed by atoms with Crippen molar-refractivity contribution >= 4 is 28.7 Å². The number of carboxylic acid groups (broad SMARTS) is 1. The molecule has 76 valence electrons. The molecule has 4 nitrogen and oxygen atoms in total. The molecule has 5 heteroatoms. The van der Waals surface area contributed by atoms with Crippen molar-refractivity contribution in [3.63, 3.8) is 0 Å². The zero-order valence-electron chi connectivity index (χ0n) is 7.83. The van der Waals surface area contributed by atoms with Crippen molar-refractivity contribution in [1.29, 1.82) is 0 Å². The zero-order chi connectivity index (χ0) is 10.3. The molecule has 1 aliphatic rings. The normalized spacial score (nSPS) is 20.6. The van der Waals surface area contributed by atoms with E-state index in [1.165, 1.54) is 0 Å². The lowest BCUT2D eigenvalue weighted by Gasteiger charge is -2.18. The Labute approximate surface area is 95.4 Å². The molecule has 1 aromatic rings. The molecule has 2 rings (SSSR count). The molecule has 1 heterocycles. The van der Waals surface area contributed by atoms with E-state index in [4.69, 9.17) is 5.11 Å². The van der Waals surface area contributed by atoms with Crippen LogP contribution in [0.3, 0.4) is 0 Å². The maximum absolute atomic E-state index is 10.9. The van der Waals surface area contributed by atoms with Crippen LogP contribution in [0.1, 0.15) is 24.6 Å². The molecule has 0 aromatic carbocycles. The standard InChI is InChI=1S/C9H11IN2O2/c1-5-2-3-6-7(4-5)12(9(13)14)11-8(6)10/h5H,2-4H2,1H3,(H,13,14). The topological polar surface area (TPSA) is 55.1 Å². The van der Waals surface area contributed by atoms with Crippen LogP contribution < -0.4 is 0 Å². The summed E-state index contributed by atoms with van der Waals surface area (Å²) in [5.74, 6) is 0.563. The molecule has 0 saturated carbocycles. The van der Waals surface area contributed by atoms with Crippen molar-refractivity contribution < 1.29 is 9.90 Å². The van der Waals surface area contributed by atoms with E-state index >= 15 is 0 Å². The Kier molecular flexibility index (Phi) is 2.50. The Morgan fingerprint density at radius 3 is 3.07 bits per heavy atom. The first-order valence-corrected chi connectivity index (χ1v) is 5.67. The molecule has 0 saturated heterocycles. The molecule has 1 N–H and O–H groups in total. The fraction of sp³-hybridized carbons (Fsp3) is 0.556. The van der Waals surface area contributed by atoms with Crippen molar-refractivity contribution in [3.8, 4) is 0 Å². The van der Waals surface area contributed by atoms with Gasteiger partial charge in [0.15, 0.2) is 0 Å². The fourth-order valence-corrected chi connectivity index (χ4v) is 2.69. The highest BCUT2D eigenvalue weighted by Gasteiger charge is 2.25. The first-order chi connectivity index (χ1) is 6.59. The van der Waals surface area contributed by atoms with Crippen molar-refractivity contribution in [1.82, 2.24) is 9.78 Å². The average Bonchev–Trinajstić information content (AvgIpc) is 2.43. The monoisotopic (exact) mass is 306 g/mol. The summed E-state index contributed by atoms with van der Waals surface area (Å²) < 4.78 is 1.97. The van der Waals surface area contributed by atoms with Crippen LogP contribution in [0.5, 0.6) is 0 Å². The third kappa shape index (κ3) is 1.53. The first kappa shape index (κ1) is 9.95. The Balaban J connectivity index is 2.50. The molecule has 0 amide bonds. The minimum Gasteiger partial charge on any atom is -0.463 e. The van der Waals surface area contributed by atoms with Crippen LogP contribution in [-0.4, -0.2) is 21.0 Å². The summed E-state index contributed by atoms with van der Waals surface area (Å²) in [7, 11) is 0. The number of fused-ring (bicyclic) bond motifs is 1. The second-order valence-corrected chi connectivity index (χ2v) is 4.78. The maximum atomic E-state index is 10.9. The highest BCUT2D eigenvalue weighted by atomic mass is 127. The minimum atomic E-state index is -0.974. The predicted molar refractivity (Wildman–Crippen MR) is 59.6 cm³/mol. The smallest absolute Gasteiger partial charge is 0.432 e. The molecule has 1 atom stereocenters. The number of rotatable bonds is 0. The number of hydrogen-bond donors (Lipinski definition) is 1. The van der Waals surface area contributed by atoms with Crippen LogP contribution in [0.2, 0.25) is 0 Å². The summed E-state index contributed by atoms with van der Waals surface area (Å²) in [5.41, 5.74) is 2.02. The lowest BCUT2D eigenvalue weighted by atomic mass is 9.89. The zero-order valence-corrected chi connectivity index (χ0v) is 9.98. The lowest BCUT2D eigenvalue weighted by Crippen LogP contribution is -2.19. The molecule has 0 fully saturated rings. The highest BCUT2D eigenvalue weighted by molar-refractivity contribution is 14.1. The Hall–Kier alpha value is -0.590. The number of aromatic nitrogens is 2. The fourth-order valence-electron chi connectivity index (χ4n) is 1.89. The van der Waals surface area contributed by atoms with Gasteiger partial charge in [0.25, 0.3) is 0 Å². The second-order valence-electron chi connectivity index (χ2n) is 3.76. The van der Waals surface area contributed by atoms with Crippen molar-refractivity contribution in [2.75, 3.05) is 0 Å². The summed E-state index contributed by atoms with van der Waals surface area (Å²) in [6.45, 7) is 2.15. The van der Waals surface area contributed by atoms with E-state index in [0.29, 0.717) is 5.92 Å². The van der Waals surface area contributed by atoms with Gasteiger partial charge in [0.2, 0.25) is 0 Å². The average molecular weight is 306 g/mol. The van der Waals surface area contributed by atoms with Gasteiger partial charge < -0.3 is 5.11 Å². The largest absolute Gasteiger partial charge is 0.463 e. The first-order valence-electron chi connectivity index (χ1n) is 4.59. The van der Waals surface area contributed by atoms with Gasteiger partial charge in [0, 0.05) is 5.56 Å². The highest BCUT2D eigenvalue weighted by Crippen LogP contribution is 2.28. The molecule has 1 aromatic heterocycles. The second kappa shape index (κ2) is 3.52. The number of halogens is 1. The maximum Gasteiger partial charge on any atom is 0.432 e. The van der Waals surface area contributed by atoms with E-state index in [2.05, 4.69) is 34.6 Å². The van der Waals surface area contributed by atoms with E-state index in [-0.39, 0.29) is 0 Å². The van der Waals surface area contributed by atoms with Crippen LogP contribution >= 0.6 is 22.6 Å². The molecule has 0 radical (unpaired) electrons. The van der Waals surface area contributed by atoms with E-state index in [1.807, 2.05) is 0 Å². The number of nitrogens with zero attached hydrogens (tertiary/aromatic N) is 2. The van der Waals surface area contributed by atoms with Gasteiger partial charge in [-0.05, 0) is 47.8 Å². The Morgan fingerprint density at radius 1 is 1.71 bits per heavy atom. The van der Waals surface area contributed by atoms with Gasteiger partial charge in [-0.1, -0.05) is 6.92 Å². The summed E-state index contributed by atoms with van der Waals surface area (Å²) in [6, 6.07) is 0. The third-order valence-electron chi connectivity index (χ3n) is 2.65. The summed E-state index contributed by atoms with van der Waals surface area (Å²) in [4.78, 5) is 10.9. The molecule has 0 bridgehead atoms. The van der Waals surface area contributed by atoms with Gasteiger partial charge in [-0.15, -0.1) is 0 Å². The summed E-state index contributed by atoms with van der Waals surface area (Å²) >= 11 is 2.11. The van der Waals surface area contributed by atoms with Crippen molar-refractivity contribution in [2.24, 2.45) is 5.92 Å². The van der Waals surface area contributed by atoms with Crippen LogP contribution in [0, 0.1) is 9.62 Å². The molecular weight excluding hydrogens is 295 g/mol. The molecule has 1 unspecified atom stereocenters. The van der Waals surface area contributed by atoms with Crippen LogP contribution in [-0.2, 0) is 12.8 Å². The van der Waals surface area contributed by atoms with Crippen molar-refractivity contribution in [3.05, 3.63) is 15.0 Å². The summed E-state index contributed by atoms with van der Waals surface area (Å²) in [5, 5.41) is 13.0. The molecule has 1 aliphatic carbocycles.